The standard InChI is InChI=1S/C17H20FN7O/c1-11-19-10-25(22-11)14-8-12(18)13(9-15(14)26-2)20-17-21-16-6-4-3-5-7-24(16)23-17/h8-10H,3-7H2,1-2H3,(H,20,23). The van der Waals surface area contributed by atoms with Gasteiger partial charge < -0.3 is 10.1 Å². The first-order chi connectivity index (χ1) is 12.6. The average molecular weight is 357 g/mol. The Morgan fingerprint density at radius 1 is 1.19 bits per heavy atom. The molecule has 3 aromatic rings. The van der Waals surface area contributed by atoms with Crippen LogP contribution in [0.3, 0.4) is 0 Å². The molecule has 0 amide bonds. The average Bonchev–Trinajstić information content (AvgIpc) is 3.16. The number of methoxy groups -OCH3 is 1. The number of hydrogen-bond donors (Lipinski definition) is 1. The largest absolute Gasteiger partial charge is 0.494 e. The molecule has 9 heteroatoms. The molecule has 0 saturated heterocycles. The van der Waals surface area contributed by atoms with E-state index in [1.807, 2.05) is 4.68 Å². The molecule has 0 atom stereocenters. The van der Waals surface area contributed by atoms with Crippen molar-refractivity contribution >= 4 is 11.6 Å². The third-order valence-corrected chi connectivity index (χ3v) is 4.39. The van der Waals surface area contributed by atoms with E-state index in [1.165, 1.54) is 30.6 Å². The van der Waals surface area contributed by atoms with Gasteiger partial charge in [0.15, 0.2) is 0 Å². The molecule has 1 aromatic carbocycles. The summed E-state index contributed by atoms with van der Waals surface area (Å²) in [5.41, 5.74) is 0.730. The van der Waals surface area contributed by atoms with Gasteiger partial charge in [0.05, 0.1) is 12.8 Å². The van der Waals surface area contributed by atoms with Gasteiger partial charge in [-0.25, -0.2) is 18.7 Å². The lowest BCUT2D eigenvalue weighted by atomic mass is 10.2. The molecule has 0 radical (unpaired) electrons. The SMILES string of the molecule is COc1cc(Nc2nc3n(n2)CCCCC3)c(F)cc1-n1cnc(C)n1. The van der Waals surface area contributed by atoms with Crippen LogP contribution >= 0.6 is 0 Å². The molecular weight excluding hydrogens is 337 g/mol. The lowest BCUT2D eigenvalue weighted by Gasteiger charge is -2.11. The first-order valence-electron chi connectivity index (χ1n) is 8.61. The van der Waals surface area contributed by atoms with Gasteiger partial charge in [0.25, 0.3) is 0 Å². The third kappa shape index (κ3) is 3.12. The molecule has 26 heavy (non-hydrogen) atoms. The van der Waals surface area contributed by atoms with Gasteiger partial charge in [0, 0.05) is 25.1 Å². The Labute approximate surface area is 150 Å². The van der Waals surface area contributed by atoms with Crippen LogP contribution in [0.5, 0.6) is 5.75 Å². The summed E-state index contributed by atoms with van der Waals surface area (Å²) in [6.07, 6.45) is 5.79. The molecule has 1 N–H and O–H groups in total. The maximum Gasteiger partial charge on any atom is 0.246 e. The van der Waals surface area contributed by atoms with E-state index in [0.717, 1.165) is 31.6 Å². The highest BCUT2D eigenvalue weighted by molar-refractivity contribution is 5.62. The molecular formula is C17H20FN7O. The number of aryl methyl sites for hydroxylation is 3. The molecule has 0 aliphatic carbocycles. The number of nitrogens with one attached hydrogen (secondary N) is 1. The quantitative estimate of drug-likeness (QED) is 0.773. The van der Waals surface area contributed by atoms with Crippen molar-refractivity contribution in [3.05, 3.63) is 35.9 Å². The van der Waals surface area contributed by atoms with Gasteiger partial charge in [-0.05, 0) is 19.8 Å². The van der Waals surface area contributed by atoms with E-state index in [-0.39, 0.29) is 5.69 Å². The number of halogens is 1. The maximum absolute atomic E-state index is 14.7. The van der Waals surface area contributed by atoms with Crippen LogP contribution in [0.15, 0.2) is 18.5 Å². The molecule has 8 nitrogen and oxygen atoms in total. The number of rotatable bonds is 4. The van der Waals surface area contributed by atoms with Crippen molar-refractivity contribution < 1.29 is 9.13 Å². The number of fused-ring (bicyclic) bond motifs is 1. The summed E-state index contributed by atoms with van der Waals surface area (Å²) in [6.45, 7) is 2.62. The summed E-state index contributed by atoms with van der Waals surface area (Å²) in [7, 11) is 1.53. The molecule has 4 rings (SSSR count). The Bertz CT molecular complexity index is 910. The van der Waals surface area contributed by atoms with Crippen LogP contribution in [0.4, 0.5) is 16.0 Å². The van der Waals surface area contributed by atoms with E-state index in [1.54, 1.807) is 13.0 Å². The smallest absolute Gasteiger partial charge is 0.246 e. The van der Waals surface area contributed by atoms with Crippen molar-refractivity contribution in [3.63, 3.8) is 0 Å². The second-order valence-electron chi connectivity index (χ2n) is 6.25. The van der Waals surface area contributed by atoms with Crippen LogP contribution in [0, 0.1) is 12.7 Å². The van der Waals surface area contributed by atoms with Crippen molar-refractivity contribution in [2.45, 2.75) is 39.2 Å². The van der Waals surface area contributed by atoms with Gasteiger partial charge in [-0.2, -0.15) is 10.1 Å². The molecule has 136 valence electrons. The molecule has 2 aromatic heterocycles. The predicted molar refractivity (Wildman–Crippen MR) is 93.5 cm³/mol. The van der Waals surface area contributed by atoms with Crippen LogP contribution in [-0.2, 0) is 13.0 Å². The van der Waals surface area contributed by atoms with E-state index < -0.39 is 5.82 Å². The van der Waals surface area contributed by atoms with E-state index in [4.69, 9.17) is 4.74 Å². The summed E-state index contributed by atoms with van der Waals surface area (Å²) in [5.74, 6) is 1.95. The van der Waals surface area contributed by atoms with Crippen LogP contribution in [0.2, 0.25) is 0 Å². The Balaban J connectivity index is 1.65. The predicted octanol–water partition coefficient (Wildman–Crippen LogP) is 2.78. The molecule has 0 saturated carbocycles. The monoisotopic (exact) mass is 357 g/mol. The van der Waals surface area contributed by atoms with Crippen molar-refractivity contribution in [3.8, 4) is 11.4 Å². The first-order valence-corrected chi connectivity index (χ1v) is 8.61. The van der Waals surface area contributed by atoms with E-state index in [0.29, 0.717) is 23.2 Å². The molecule has 1 aliphatic heterocycles. The fourth-order valence-electron chi connectivity index (χ4n) is 3.08. The number of nitrogens with zero attached hydrogens (tertiary/aromatic N) is 6. The number of anilines is 2. The Kier molecular flexibility index (Phi) is 4.27. The molecule has 0 unspecified atom stereocenters. The van der Waals surface area contributed by atoms with E-state index in [2.05, 4.69) is 25.5 Å². The second-order valence-corrected chi connectivity index (χ2v) is 6.25. The minimum absolute atomic E-state index is 0.253. The zero-order chi connectivity index (χ0) is 18.1. The fourth-order valence-corrected chi connectivity index (χ4v) is 3.08. The second kappa shape index (κ2) is 6.74. The lowest BCUT2D eigenvalue weighted by molar-refractivity contribution is 0.410. The van der Waals surface area contributed by atoms with Crippen molar-refractivity contribution in [2.75, 3.05) is 12.4 Å². The van der Waals surface area contributed by atoms with Gasteiger partial charge in [-0.15, -0.1) is 5.10 Å². The van der Waals surface area contributed by atoms with Gasteiger partial charge >= 0.3 is 0 Å². The summed E-state index contributed by atoms with van der Waals surface area (Å²) in [4.78, 5) is 8.56. The van der Waals surface area contributed by atoms with Gasteiger partial charge in [0.2, 0.25) is 5.95 Å². The summed E-state index contributed by atoms with van der Waals surface area (Å²) < 4.78 is 23.4. The lowest BCUT2D eigenvalue weighted by Crippen LogP contribution is -2.04. The van der Waals surface area contributed by atoms with Crippen LogP contribution in [0.1, 0.15) is 30.9 Å². The number of aromatic nitrogens is 6. The Hall–Kier alpha value is -2.97. The zero-order valence-corrected chi connectivity index (χ0v) is 14.7. The Morgan fingerprint density at radius 3 is 2.85 bits per heavy atom. The highest BCUT2D eigenvalue weighted by Gasteiger charge is 2.17. The molecule has 0 fully saturated rings. The number of benzene rings is 1. The maximum atomic E-state index is 14.7. The molecule has 3 heterocycles. The van der Waals surface area contributed by atoms with Crippen LogP contribution in [0.25, 0.3) is 5.69 Å². The van der Waals surface area contributed by atoms with Crippen molar-refractivity contribution in [1.29, 1.82) is 0 Å². The summed E-state index contributed by atoms with van der Waals surface area (Å²) in [6, 6.07) is 2.93. The third-order valence-electron chi connectivity index (χ3n) is 4.39. The minimum atomic E-state index is -0.445. The van der Waals surface area contributed by atoms with Crippen molar-refractivity contribution in [1.82, 2.24) is 29.5 Å². The van der Waals surface area contributed by atoms with E-state index >= 15 is 0 Å². The van der Waals surface area contributed by atoms with Gasteiger partial charge in [-0.1, -0.05) is 6.42 Å². The van der Waals surface area contributed by atoms with Crippen LogP contribution in [-0.4, -0.2) is 36.6 Å². The topological polar surface area (TPSA) is 82.7 Å². The normalized spacial score (nSPS) is 14.0. The number of hydrogen-bond acceptors (Lipinski definition) is 6. The highest BCUT2D eigenvalue weighted by Crippen LogP contribution is 2.30. The summed E-state index contributed by atoms with van der Waals surface area (Å²) >= 11 is 0. The molecule has 1 aliphatic rings. The Morgan fingerprint density at radius 2 is 2.08 bits per heavy atom. The minimum Gasteiger partial charge on any atom is -0.494 e. The number of ether oxygens (including phenoxy) is 1. The summed E-state index contributed by atoms with van der Waals surface area (Å²) in [5, 5.41) is 11.6. The van der Waals surface area contributed by atoms with Gasteiger partial charge in [0.1, 0.15) is 35.2 Å². The van der Waals surface area contributed by atoms with E-state index in [9.17, 15) is 4.39 Å². The zero-order valence-electron chi connectivity index (χ0n) is 14.7. The highest BCUT2D eigenvalue weighted by atomic mass is 19.1. The van der Waals surface area contributed by atoms with Gasteiger partial charge in [-0.3, -0.25) is 0 Å². The first kappa shape index (κ1) is 16.5. The molecule has 0 spiro atoms. The fraction of sp³-hybridized carbons (Fsp3) is 0.412. The van der Waals surface area contributed by atoms with Crippen molar-refractivity contribution in [2.24, 2.45) is 0 Å². The molecule has 0 bridgehead atoms. The van der Waals surface area contributed by atoms with Crippen LogP contribution < -0.4 is 10.1 Å².